The number of aryl methyl sites for hydroxylation is 2. The number of carbonyl (C=O) groups is 1. The van der Waals surface area contributed by atoms with Crippen LogP contribution in [0.1, 0.15) is 41.7 Å². The van der Waals surface area contributed by atoms with Crippen molar-refractivity contribution in [1.29, 1.82) is 0 Å². The molecular formula is C13H16N4O2. The molecule has 2 heterocycles. The summed E-state index contributed by atoms with van der Waals surface area (Å²) in [4.78, 5) is 20.4. The summed E-state index contributed by atoms with van der Waals surface area (Å²) in [7, 11) is 0. The molecule has 2 aromatic rings. The second kappa shape index (κ2) is 4.79. The van der Waals surface area contributed by atoms with Crippen molar-refractivity contribution in [3.05, 3.63) is 41.3 Å². The Morgan fingerprint density at radius 2 is 2.00 bits per heavy atom. The van der Waals surface area contributed by atoms with E-state index in [1.54, 1.807) is 19.1 Å². The zero-order valence-corrected chi connectivity index (χ0v) is 11.4. The minimum absolute atomic E-state index is 0.267. The van der Waals surface area contributed by atoms with Crippen molar-refractivity contribution in [3.8, 4) is 0 Å². The highest BCUT2D eigenvalue weighted by Gasteiger charge is 2.29. The first-order valence-corrected chi connectivity index (χ1v) is 5.95. The van der Waals surface area contributed by atoms with Crippen LogP contribution >= 0.6 is 0 Å². The van der Waals surface area contributed by atoms with Gasteiger partial charge < -0.3 is 9.84 Å². The Hall–Kier alpha value is -2.24. The molecule has 0 aromatic carbocycles. The fourth-order valence-corrected chi connectivity index (χ4v) is 1.63. The third kappa shape index (κ3) is 2.96. The quantitative estimate of drug-likeness (QED) is 0.909. The first-order chi connectivity index (χ1) is 8.88. The van der Waals surface area contributed by atoms with Crippen molar-refractivity contribution in [2.45, 2.75) is 33.2 Å². The summed E-state index contributed by atoms with van der Waals surface area (Å²) in [6.07, 6.45) is 0. The molecule has 0 saturated heterocycles. The molecule has 0 fully saturated rings. The van der Waals surface area contributed by atoms with E-state index in [0.717, 1.165) is 5.69 Å². The SMILES string of the molecule is Cc1cccc(C(=O)NC(C)(C)c2noc(C)n2)n1. The molecule has 0 aliphatic carbocycles. The van der Waals surface area contributed by atoms with Crippen molar-refractivity contribution < 1.29 is 9.32 Å². The second-order valence-electron chi connectivity index (χ2n) is 4.88. The van der Waals surface area contributed by atoms with Crippen LogP contribution in [0.2, 0.25) is 0 Å². The van der Waals surface area contributed by atoms with E-state index in [1.165, 1.54) is 0 Å². The van der Waals surface area contributed by atoms with Crippen LogP contribution in [0.5, 0.6) is 0 Å². The Bertz CT molecular complexity index is 604. The standard InChI is InChI=1S/C13H16N4O2/c1-8-6-5-7-10(14-8)11(18)16-13(3,4)12-15-9(2)19-17-12/h5-7H,1-4H3,(H,16,18). The summed E-state index contributed by atoms with van der Waals surface area (Å²) in [6, 6.07) is 5.30. The predicted molar refractivity (Wildman–Crippen MR) is 68.5 cm³/mol. The molecule has 0 radical (unpaired) electrons. The van der Waals surface area contributed by atoms with Crippen LogP contribution in [0, 0.1) is 13.8 Å². The van der Waals surface area contributed by atoms with Crippen molar-refractivity contribution >= 4 is 5.91 Å². The lowest BCUT2D eigenvalue weighted by Gasteiger charge is -2.22. The Balaban J connectivity index is 2.18. The topological polar surface area (TPSA) is 80.9 Å². The van der Waals surface area contributed by atoms with E-state index in [0.29, 0.717) is 17.4 Å². The van der Waals surface area contributed by atoms with Gasteiger partial charge in [-0.25, -0.2) is 4.98 Å². The lowest BCUT2D eigenvalue weighted by molar-refractivity contribution is 0.0902. The van der Waals surface area contributed by atoms with E-state index in [2.05, 4.69) is 20.4 Å². The molecule has 6 nitrogen and oxygen atoms in total. The maximum absolute atomic E-state index is 12.1. The summed E-state index contributed by atoms with van der Waals surface area (Å²) in [5.41, 5.74) is 0.439. The number of pyridine rings is 1. The second-order valence-corrected chi connectivity index (χ2v) is 4.88. The summed E-state index contributed by atoms with van der Waals surface area (Å²) in [5.74, 6) is 0.633. The monoisotopic (exact) mass is 260 g/mol. The van der Waals surface area contributed by atoms with E-state index in [-0.39, 0.29) is 5.91 Å². The largest absolute Gasteiger partial charge is 0.340 e. The van der Waals surface area contributed by atoms with Gasteiger partial charge in [-0.05, 0) is 32.9 Å². The molecule has 0 atom stereocenters. The first-order valence-electron chi connectivity index (χ1n) is 5.95. The number of aromatic nitrogens is 3. The molecule has 0 bridgehead atoms. The Kier molecular flexibility index (Phi) is 3.33. The highest BCUT2D eigenvalue weighted by atomic mass is 16.5. The van der Waals surface area contributed by atoms with Crippen LogP contribution in [0.3, 0.4) is 0 Å². The molecule has 100 valence electrons. The maximum atomic E-state index is 12.1. The van der Waals surface area contributed by atoms with Crippen LogP contribution in [0.25, 0.3) is 0 Å². The molecule has 0 spiro atoms. The molecule has 1 amide bonds. The van der Waals surface area contributed by atoms with Gasteiger partial charge in [0.05, 0.1) is 5.54 Å². The predicted octanol–water partition coefficient (Wildman–Crippen LogP) is 1.75. The lowest BCUT2D eigenvalue weighted by Crippen LogP contribution is -2.42. The highest BCUT2D eigenvalue weighted by Crippen LogP contribution is 2.17. The Labute approximate surface area is 111 Å². The van der Waals surface area contributed by atoms with Gasteiger partial charge in [0, 0.05) is 12.6 Å². The number of hydrogen-bond acceptors (Lipinski definition) is 5. The fraction of sp³-hybridized carbons (Fsp3) is 0.385. The molecule has 0 aliphatic heterocycles. The number of carbonyl (C=O) groups excluding carboxylic acids is 1. The van der Waals surface area contributed by atoms with Crippen LogP contribution in [0.15, 0.2) is 22.7 Å². The van der Waals surface area contributed by atoms with Crippen molar-refractivity contribution in [2.24, 2.45) is 0 Å². The summed E-state index contributed by atoms with van der Waals surface area (Å²) in [6.45, 7) is 7.16. The number of rotatable bonds is 3. The maximum Gasteiger partial charge on any atom is 0.270 e. The molecule has 0 unspecified atom stereocenters. The summed E-state index contributed by atoms with van der Waals surface area (Å²) in [5, 5.41) is 6.67. The first kappa shape index (κ1) is 13.2. The number of nitrogens with zero attached hydrogens (tertiary/aromatic N) is 3. The third-order valence-electron chi connectivity index (χ3n) is 2.63. The fourth-order valence-electron chi connectivity index (χ4n) is 1.63. The Morgan fingerprint density at radius 3 is 2.58 bits per heavy atom. The van der Waals surface area contributed by atoms with E-state index >= 15 is 0 Å². The number of amides is 1. The van der Waals surface area contributed by atoms with Crippen LogP contribution in [-0.2, 0) is 5.54 Å². The molecule has 2 aromatic heterocycles. The van der Waals surface area contributed by atoms with Gasteiger partial charge in [-0.1, -0.05) is 11.2 Å². The normalized spacial score (nSPS) is 11.4. The molecule has 0 saturated carbocycles. The van der Waals surface area contributed by atoms with Gasteiger partial charge >= 0.3 is 0 Å². The van der Waals surface area contributed by atoms with Crippen LogP contribution in [0.4, 0.5) is 0 Å². The van der Waals surface area contributed by atoms with Gasteiger partial charge in [-0.15, -0.1) is 0 Å². The van der Waals surface area contributed by atoms with Gasteiger partial charge in [0.2, 0.25) is 5.89 Å². The van der Waals surface area contributed by atoms with E-state index < -0.39 is 5.54 Å². The molecule has 1 N–H and O–H groups in total. The van der Waals surface area contributed by atoms with Crippen LogP contribution in [-0.4, -0.2) is 21.0 Å². The highest BCUT2D eigenvalue weighted by molar-refractivity contribution is 5.92. The lowest BCUT2D eigenvalue weighted by atomic mass is 10.0. The third-order valence-corrected chi connectivity index (χ3v) is 2.63. The van der Waals surface area contributed by atoms with Gasteiger partial charge in [0.1, 0.15) is 5.69 Å². The van der Waals surface area contributed by atoms with E-state index in [1.807, 2.05) is 26.8 Å². The zero-order valence-electron chi connectivity index (χ0n) is 11.4. The molecule has 19 heavy (non-hydrogen) atoms. The zero-order chi connectivity index (χ0) is 14.0. The van der Waals surface area contributed by atoms with E-state index in [9.17, 15) is 4.79 Å². The van der Waals surface area contributed by atoms with Crippen molar-refractivity contribution in [1.82, 2.24) is 20.4 Å². The van der Waals surface area contributed by atoms with Gasteiger partial charge in [0.25, 0.3) is 5.91 Å². The molecular weight excluding hydrogens is 244 g/mol. The summed E-state index contributed by atoms with van der Waals surface area (Å²) >= 11 is 0. The minimum Gasteiger partial charge on any atom is -0.340 e. The van der Waals surface area contributed by atoms with Gasteiger partial charge in [0.15, 0.2) is 5.82 Å². The van der Waals surface area contributed by atoms with Crippen LogP contribution < -0.4 is 5.32 Å². The average molecular weight is 260 g/mol. The van der Waals surface area contributed by atoms with E-state index in [4.69, 9.17) is 4.52 Å². The smallest absolute Gasteiger partial charge is 0.270 e. The molecule has 6 heteroatoms. The average Bonchev–Trinajstić information content (AvgIpc) is 2.76. The van der Waals surface area contributed by atoms with Crippen molar-refractivity contribution in [3.63, 3.8) is 0 Å². The number of nitrogens with one attached hydrogen (secondary N) is 1. The van der Waals surface area contributed by atoms with Gasteiger partial charge in [-0.2, -0.15) is 4.98 Å². The minimum atomic E-state index is -0.722. The summed E-state index contributed by atoms with van der Waals surface area (Å²) < 4.78 is 4.93. The van der Waals surface area contributed by atoms with Crippen molar-refractivity contribution in [2.75, 3.05) is 0 Å². The molecule has 2 rings (SSSR count). The molecule has 0 aliphatic rings. The Morgan fingerprint density at radius 1 is 1.26 bits per heavy atom. The number of hydrogen-bond donors (Lipinski definition) is 1. The van der Waals surface area contributed by atoms with Gasteiger partial charge in [-0.3, -0.25) is 4.79 Å².